The Labute approximate surface area is 162 Å². The van der Waals surface area contributed by atoms with Gasteiger partial charge in [0.05, 0.1) is 0 Å². The third-order valence-corrected chi connectivity index (χ3v) is 4.64. The molecule has 0 saturated carbocycles. The molecule has 1 aromatic rings. The van der Waals surface area contributed by atoms with E-state index in [4.69, 9.17) is 6.42 Å². The molecule has 0 radical (unpaired) electrons. The molecule has 1 fully saturated rings. The average Bonchev–Trinajstić information content (AvgIpc) is 2.67. The van der Waals surface area contributed by atoms with Crippen LogP contribution in [0, 0.1) is 12.3 Å². The van der Waals surface area contributed by atoms with Gasteiger partial charge in [0.1, 0.15) is 6.54 Å². The normalized spacial score (nSPS) is 16.0. The number of amides is 1. The lowest BCUT2D eigenvalue weighted by Gasteiger charge is -2.35. The highest BCUT2D eigenvalue weighted by molar-refractivity contribution is 5.94. The van der Waals surface area contributed by atoms with Gasteiger partial charge in [-0.15, -0.1) is 6.42 Å². The molecule has 0 unspecified atom stereocenters. The van der Waals surface area contributed by atoms with Crippen molar-refractivity contribution in [1.29, 1.82) is 0 Å². The number of hydrogen-bond acceptors (Lipinski definition) is 3. The summed E-state index contributed by atoms with van der Waals surface area (Å²) < 4.78 is 0. The van der Waals surface area contributed by atoms with Crippen LogP contribution in [0.15, 0.2) is 29.3 Å². The first-order valence-corrected chi connectivity index (χ1v) is 9.67. The summed E-state index contributed by atoms with van der Waals surface area (Å²) in [5.74, 6) is 3.08. The number of anilines is 1. The average molecular weight is 370 g/mol. The van der Waals surface area contributed by atoms with Gasteiger partial charge in [0.25, 0.3) is 0 Å². The number of aliphatic imine (C=N–C) groups is 1. The summed E-state index contributed by atoms with van der Waals surface area (Å²) in [6, 6.07) is 8.20. The minimum absolute atomic E-state index is 0.0560. The van der Waals surface area contributed by atoms with Crippen LogP contribution < -0.4 is 16.0 Å². The topological polar surface area (TPSA) is 68.8 Å². The van der Waals surface area contributed by atoms with Gasteiger partial charge in [0.2, 0.25) is 5.91 Å². The van der Waals surface area contributed by atoms with Crippen LogP contribution in [0.2, 0.25) is 0 Å². The molecular formula is C21H31N5O. The molecule has 0 aromatic heterocycles. The quantitative estimate of drug-likeness (QED) is 0.408. The molecule has 146 valence electrons. The SMILES string of the molecule is C#Cc1cccc(NC(=O)CN=C(NCC)NC2CCN(C(C)C)CC2)c1. The molecular weight excluding hydrogens is 338 g/mol. The Morgan fingerprint density at radius 1 is 1.37 bits per heavy atom. The molecule has 6 nitrogen and oxygen atoms in total. The van der Waals surface area contributed by atoms with Crippen molar-refractivity contribution >= 4 is 17.6 Å². The molecule has 0 spiro atoms. The van der Waals surface area contributed by atoms with E-state index < -0.39 is 0 Å². The Kier molecular flexibility index (Phi) is 8.15. The maximum atomic E-state index is 12.2. The maximum absolute atomic E-state index is 12.2. The molecule has 1 aliphatic rings. The third-order valence-electron chi connectivity index (χ3n) is 4.64. The summed E-state index contributed by atoms with van der Waals surface area (Å²) in [6.07, 6.45) is 7.55. The number of nitrogens with zero attached hydrogens (tertiary/aromatic N) is 2. The largest absolute Gasteiger partial charge is 0.357 e. The predicted molar refractivity (Wildman–Crippen MR) is 112 cm³/mol. The molecule has 2 rings (SSSR count). The van der Waals surface area contributed by atoms with E-state index in [2.05, 4.69) is 45.6 Å². The van der Waals surface area contributed by atoms with Crippen LogP contribution in [0.1, 0.15) is 39.2 Å². The molecule has 0 bridgehead atoms. The molecule has 1 aromatic carbocycles. The van der Waals surface area contributed by atoms with E-state index in [-0.39, 0.29) is 12.5 Å². The summed E-state index contributed by atoms with van der Waals surface area (Å²) in [5.41, 5.74) is 1.42. The molecule has 1 heterocycles. The van der Waals surface area contributed by atoms with Gasteiger partial charge in [0.15, 0.2) is 5.96 Å². The number of carbonyl (C=O) groups excluding carboxylic acids is 1. The molecule has 27 heavy (non-hydrogen) atoms. The lowest BCUT2D eigenvalue weighted by Crippen LogP contribution is -2.50. The highest BCUT2D eigenvalue weighted by Crippen LogP contribution is 2.13. The van der Waals surface area contributed by atoms with Crippen LogP contribution in [-0.4, -0.2) is 55.0 Å². The number of likely N-dealkylation sites (tertiary alicyclic amines) is 1. The van der Waals surface area contributed by atoms with E-state index >= 15 is 0 Å². The Hall–Kier alpha value is -2.52. The van der Waals surface area contributed by atoms with Crippen molar-refractivity contribution in [2.45, 2.75) is 45.7 Å². The van der Waals surface area contributed by atoms with Crippen molar-refractivity contribution < 1.29 is 4.79 Å². The third kappa shape index (κ3) is 6.95. The monoisotopic (exact) mass is 369 g/mol. The smallest absolute Gasteiger partial charge is 0.246 e. The van der Waals surface area contributed by atoms with Crippen molar-refractivity contribution in [1.82, 2.24) is 15.5 Å². The highest BCUT2D eigenvalue weighted by atomic mass is 16.1. The maximum Gasteiger partial charge on any atom is 0.246 e. The minimum atomic E-state index is -0.170. The Balaban J connectivity index is 1.87. The van der Waals surface area contributed by atoms with Gasteiger partial charge in [-0.1, -0.05) is 12.0 Å². The number of hydrogen-bond donors (Lipinski definition) is 3. The van der Waals surface area contributed by atoms with E-state index in [0.29, 0.717) is 23.7 Å². The predicted octanol–water partition coefficient (Wildman–Crippen LogP) is 2.03. The summed E-state index contributed by atoms with van der Waals surface area (Å²) >= 11 is 0. The van der Waals surface area contributed by atoms with E-state index in [1.54, 1.807) is 6.07 Å². The molecule has 6 heteroatoms. The van der Waals surface area contributed by atoms with Gasteiger partial charge < -0.3 is 20.9 Å². The first-order valence-electron chi connectivity index (χ1n) is 9.67. The zero-order valence-corrected chi connectivity index (χ0v) is 16.6. The lowest BCUT2D eigenvalue weighted by molar-refractivity contribution is -0.114. The molecule has 0 aliphatic carbocycles. The van der Waals surface area contributed by atoms with Crippen LogP contribution >= 0.6 is 0 Å². The number of rotatable bonds is 6. The van der Waals surface area contributed by atoms with Gasteiger partial charge in [-0.3, -0.25) is 4.79 Å². The van der Waals surface area contributed by atoms with Crippen molar-refractivity contribution in [3.63, 3.8) is 0 Å². The summed E-state index contributed by atoms with van der Waals surface area (Å²) in [4.78, 5) is 19.1. The Bertz CT molecular complexity index is 684. The molecule has 1 amide bonds. The molecule has 1 aliphatic heterocycles. The van der Waals surface area contributed by atoms with Gasteiger partial charge in [-0.05, 0) is 51.8 Å². The second-order valence-electron chi connectivity index (χ2n) is 7.02. The second-order valence-corrected chi connectivity index (χ2v) is 7.02. The van der Waals surface area contributed by atoms with E-state index in [0.717, 1.165) is 38.0 Å². The van der Waals surface area contributed by atoms with Crippen LogP contribution in [0.4, 0.5) is 5.69 Å². The number of piperidine rings is 1. The van der Waals surface area contributed by atoms with Crippen molar-refractivity contribution in [3.05, 3.63) is 29.8 Å². The van der Waals surface area contributed by atoms with E-state index in [1.165, 1.54) is 0 Å². The number of terminal acetylenes is 1. The Morgan fingerprint density at radius 3 is 2.74 bits per heavy atom. The van der Waals surface area contributed by atoms with Gasteiger partial charge in [-0.2, -0.15) is 0 Å². The zero-order valence-electron chi connectivity index (χ0n) is 16.6. The first-order chi connectivity index (χ1) is 13.0. The van der Waals surface area contributed by atoms with Crippen molar-refractivity contribution in [3.8, 4) is 12.3 Å². The Morgan fingerprint density at radius 2 is 2.11 bits per heavy atom. The summed E-state index contributed by atoms with van der Waals surface area (Å²) in [7, 11) is 0. The zero-order chi connectivity index (χ0) is 19.6. The van der Waals surface area contributed by atoms with Crippen LogP contribution in [-0.2, 0) is 4.79 Å². The van der Waals surface area contributed by atoms with Gasteiger partial charge in [0, 0.05) is 43.0 Å². The fourth-order valence-corrected chi connectivity index (χ4v) is 3.11. The number of nitrogens with one attached hydrogen (secondary N) is 3. The van der Waals surface area contributed by atoms with Crippen LogP contribution in [0.5, 0.6) is 0 Å². The summed E-state index contributed by atoms with van der Waals surface area (Å²) in [6.45, 7) is 9.46. The van der Waals surface area contributed by atoms with Crippen molar-refractivity contribution in [2.24, 2.45) is 4.99 Å². The molecule has 1 saturated heterocycles. The standard InChI is InChI=1S/C21H31N5O/c1-5-17-8-7-9-19(14-17)24-20(27)15-23-21(22-6-2)25-18-10-12-26(13-11-18)16(3)4/h1,7-9,14,16,18H,6,10-13,15H2,2-4H3,(H,24,27)(H2,22,23,25). The number of carbonyl (C=O) groups is 1. The molecule has 0 atom stereocenters. The minimum Gasteiger partial charge on any atom is -0.357 e. The summed E-state index contributed by atoms with van der Waals surface area (Å²) in [5, 5.41) is 9.51. The van der Waals surface area contributed by atoms with Crippen LogP contribution in [0.3, 0.4) is 0 Å². The van der Waals surface area contributed by atoms with Gasteiger partial charge in [-0.25, -0.2) is 4.99 Å². The van der Waals surface area contributed by atoms with E-state index in [9.17, 15) is 4.79 Å². The van der Waals surface area contributed by atoms with E-state index in [1.807, 2.05) is 25.1 Å². The van der Waals surface area contributed by atoms with Crippen LogP contribution in [0.25, 0.3) is 0 Å². The molecule has 3 N–H and O–H groups in total. The second kappa shape index (κ2) is 10.6. The lowest BCUT2D eigenvalue weighted by atomic mass is 10.0. The first kappa shape index (κ1) is 20.8. The highest BCUT2D eigenvalue weighted by Gasteiger charge is 2.21. The number of benzene rings is 1. The fraction of sp³-hybridized carbons (Fsp3) is 0.524. The van der Waals surface area contributed by atoms with Gasteiger partial charge >= 0.3 is 0 Å². The fourth-order valence-electron chi connectivity index (χ4n) is 3.11. The number of guanidine groups is 1. The van der Waals surface area contributed by atoms with Crippen molar-refractivity contribution in [2.75, 3.05) is 31.5 Å².